The number of nitrogens with zero attached hydrogens (tertiary/aromatic N) is 4. The van der Waals surface area contributed by atoms with Gasteiger partial charge in [0.1, 0.15) is 0 Å². The Labute approximate surface area is 161 Å². The number of hydrogen-bond donors (Lipinski definition) is 1. The number of aliphatic imine (C=N–C) groups is 1. The van der Waals surface area contributed by atoms with Crippen molar-refractivity contribution in [3.05, 3.63) is 47.8 Å². The minimum atomic E-state index is 0. The predicted molar refractivity (Wildman–Crippen MR) is 109 cm³/mol. The molecule has 2 N–H and O–H groups in total. The van der Waals surface area contributed by atoms with Gasteiger partial charge in [-0.05, 0) is 50.3 Å². The molecule has 1 aromatic carbocycles. The molecule has 1 fully saturated rings. The Morgan fingerprint density at radius 1 is 1.33 bits per heavy atom. The summed E-state index contributed by atoms with van der Waals surface area (Å²) in [6.07, 6.45) is 6.56. The van der Waals surface area contributed by atoms with Gasteiger partial charge < -0.3 is 10.6 Å². The third-order valence-electron chi connectivity index (χ3n) is 4.36. The lowest BCUT2D eigenvalue weighted by atomic mass is 10.1. The predicted octanol–water partition coefficient (Wildman–Crippen LogP) is 3.14. The highest BCUT2D eigenvalue weighted by Gasteiger charge is 2.27. The largest absolute Gasteiger partial charge is 0.370 e. The van der Waals surface area contributed by atoms with Gasteiger partial charge in [0, 0.05) is 25.8 Å². The van der Waals surface area contributed by atoms with Crippen molar-refractivity contribution < 1.29 is 0 Å². The minimum absolute atomic E-state index is 0. The summed E-state index contributed by atoms with van der Waals surface area (Å²) in [5.74, 6) is 0.671. The molecule has 24 heavy (non-hydrogen) atoms. The molecule has 1 aliphatic carbocycles. The summed E-state index contributed by atoms with van der Waals surface area (Å²) in [4.78, 5) is 6.58. The number of guanidine groups is 1. The number of para-hydroxylation sites is 1. The molecule has 0 bridgehead atoms. The van der Waals surface area contributed by atoms with E-state index in [4.69, 9.17) is 5.73 Å². The van der Waals surface area contributed by atoms with Crippen LogP contribution in [0.15, 0.2) is 41.5 Å². The van der Waals surface area contributed by atoms with E-state index in [0.29, 0.717) is 12.0 Å². The molecule has 0 aliphatic heterocycles. The van der Waals surface area contributed by atoms with E-state index < -0.39 is 0 Å². The van der Waals surface area contributed by atoms with E-state index in [2.05, 4.69) is 40.2 Å². The lowest BCUT2D eigenvalue weighted by Crippen LogP contribution is -2.35. The van der Waals surface area contributed by atoms with Crippen molar-refractivity contribution in [3.8, 4) is 5.69 Å². The summed E-state index contributed by atoms with van der Waals surface area (Å²) in [7, 11) is 2.03. The summed E-state index contributed by atoms with van der Waals surface area (Å²) < 4.78 is 1.95. The highest BCUT2D eigenvalue weighted by Crippen LogP contribution is 2.24. The van der Waals surface area contributed by atoms with Crippen LogP contribution in [0.5, 0.6) is 0 Å². The Balaban J connectivity index is 0.00000208. The fourth-order valence-electron chi connectivity index (χ4n) is 2.68. The molecule has 130 valence electrons. The maximum atomic E-state index is 6.01. The average molecular weight is 439 g/mol. The highest BCUT2D eigenvalue weighted by atomic mass is 127. The van der Waals surface area contributed by atoms with Gasteiger partial charge in [-0.15, -0.1) is 24.0 Å². The van der Waals surface area contributed by atoms with Crippen LogP contribution in [0.2, 0.25) is 0 Å². The number of nitrogens with two attached hydrogens (primary N) is 1. The first kappa shape index (κ1) is 18.8. The topological polar surface area (TPSA) is 59.4 Å². The van der Waals surface area contributed by atoms with Gasteiger partial charge in [0.25, 0.3) is 0 Å². The van der Waals surface area contributed by atoms with E-state index in [1.165, 1.54) is 18.4 Å². The summed E-state index contributed by atoms with van der Waals surface area (Å²) in [6.45, 7) is 2.83. The molecule has 0 spiro atoms. The summed E-state index contributed by atoms with van der Waals surface area (Å²) >= 11 is 0. The Kier molecular flexibility index (Phi) is 6.65. The molecular weight excluding hydrogens is 413 g/mol. The Morgan fingerprint density at radius 2 is 2.04 bits per heavy atom. The smallest absolute Gasteiger partial charge is 0.191 e. The number of aromatic nitrogens is 2. The average Bonchev–Trinajstić information content (AvgIpc) is 3.35. The van der Waals surface area contributed by atoms with Crippen LogP contribution < -0.4 is 5.73 Å². The maximum Gasteiger partial charge on any atom is 0.191 e. The Hall–Kier alpha value is -1.57. The van der Waals surface area contributed by atoms with Crippen LogP contribution in [0, 0.1) is 6.92 Å². The lowest BCUT2D eigenvalue weighted by Gasteiger charge is -2.16. The molecule has 0 amide bonds. The van der Waals surface area contributed by atoms with Crippen molar-refractivity contribution in [3.63, 3.8) is 0 Å². The second-order valence-electron chi connectivity index (χ2n) is 6.21. The Bertz CT molecular complexity index is 676. The minimum Gasteiger partial charge on any atom is -0.370 e. The number of benzene rings is 1. The van der Waals surface area contributed by atoms with E-state index >= 15 is 0 Å². The van der Waals surface area contributed by atoms with Crippen molar-refractivity contribution in [1.82, 2.24) is 14.7 Å². The van der Waals surface area contributed by atoms with Gasteiger partial charge in [-0.25, -0.2) is 4.68 Å². The fraction of sp³-hybridized carbons (Fsp3) is 0.444. The maximum absolute atomic E-state index is 6.01. The van der Waals surface area contributed by atoms with Crippen LogP contribution in [0.3, 0.4) is 0 Å². The van der Waals surface area contributed by atoms with Crippen LogP contribution in [0.4, 0.5) is 0 Å². The van der Waals surface area contributed by atoms with Gasteiger partial charge in [0.05, 0.1) is 11.4 Å². The molecule has 0 unspecified atom stereocenters. The molecule has 1 saturated carbocycles. The number of rotatable bonds is 6. The molecule has 0 radical (unpaired) electrons. The molecule has 2 aromatic rings. The van der Waals surface area contributed by atoms with Crippen LogP contribution in [0.1, 0.15) is 30.5 Å². The van der Waals surface area contributed by atoms with E-state index in [-0.39, 0.29) is 24.0 Å². The zero-order valence-electron chi connectivity index (χ0n) is 14.4. The first-order chi connectivity index (χ1) is 11.1. The second kappa shape index (κ2) is 8.50. The quantitative estimate of drug-likeness (QED) is 0.326. The SMILES string of the molecule is Cc1nn(-c2ccccc2)cc1CCCN=C(N)N(C)C1CC1.I. The molecule has 3 rings (SSSR count). The molecule has 1 heterocycles. The van der Waals surface area contributed by atoms with Gasteiger partial charge in [-0.1, -0.05) is 18.2 Å². The van der Waals surface area contributed by atoms with Gasteiger partial charge in [-0.2, -0.15) is 5.10 Å². The standard InChI is InChI=1S/C18H25N5.HI/c1-14-15(13-23(21-14)17-8-4-3-5-9-17)7-6-12-20-18(19)22(2)16-10-11-16;/h3-5,8-9,13,16H,6-7,10-12H2,1-2H3,(H2,19,20);1H. The summed E-state index contributed by atoms with van der Waals surface area (Å²) in [6, 6.07) is 10.8. The molecule has 0 atom stereocenters. The zero-order valence-corrected chi connectivity index (χ0v) is 16.7. The third kappa shape index (κ3) is 4.72. The second-order valence-corrected chi connectivity index (χ2v) is 6.21. The number of halogens is 1. The summed E-state index contributed by atoms with van der Waals surface area (Å²) in [5.41, 5.74) is 9.46. The lowest BCUT2D eigenvalue weighted by molar-refractivity contribution is 0.487. The van der Waals surface area contributed by atoms with E-state index in [1.54, 1.807) is 0 Å². The van der Waals surface area contributed by atoms with Crippen LogP contribution in [-0.2, 0) is 6.42 Å². The van der Waals surface area contributed by atoms with Crippen molar-refractivity contribution in [2.24, 2.45) is 10.7 Å². The molecule has 5 nitrogen and oxygen atoms in total. The molecule has 1 aromatic heterocycles. The van der Waals surface area contributed by atoms with Crippen LogP contribution >= 0.6 is 24.0 Å². The first-order valence-electron chi connectivity index (χ1n) is 8.28. The third-order valence-corrected chi connectivity index (χ3v) is 4.36. The van der Waals surface area contributed by atoms with Crippen LogP contribution in [0.25, 0.3) is 5.69 Å². The van der Waals surface area contributed by atoms with E-state index in [9.17, 15) is 0 Å². The van der Waals surface area contributed by atoms with Crippen molar-refractivity contribution >= 4 is 29.9 Å². The number of aryl methyl sites for hydroxylation is 2. The van der Waals surface area contributed by atoms with Gasteiger partial charge in [0.2, 0.25) is 0 Å². The van der Waals surface area contributed by atoms with E-state index in [1.807, 2.05) is 29.9 Å². The van der Waals surface area contributed by atoms with Gasteiger partial charge in [-0.3, -0.25) is 4.99 Å². The van der Waals surface area contributed by atoms with Crippen molar-refractivity contribution in [1.29, 1.82) is 0 Å². The zero-order chi connectivity index (χ0) is 16.2. The van der Waals surface area contributed by atoms with Gasteiger partial charge >= 0.3 is 0 Å². The monoisotopic (exact) mass is 439 g/mol. The number of hydrogen-bond acceptors (Lipinski definition) is 2. The summed E-state index contributed by atoms with van der Waals surface area (Å²) in [5, 5.41) is 4.60. The van der Waals surface area contributed by atoms with Crippen LogP contribution in [-0.4, -0.2) is 40.3 Å². The normalized spacial score (nSPS) is 14.3. The van der Waals surface area contributed by atoms with Gasteiger partial charge in [0.15, 0.2) is 5.96 Å². The molecule has 0 saturated heterocycles. The van der Waals surface area contributed by atoms with E-state index in [0.717, 1.165) is 30.8 Å². The van der Waals surface area contributed by atoms with Crippen molar-refractivity contribution in [2.45, 2.75) is 38.6 Å². The van der Waals surface area contributed by atoms with Crippen molar-refractivity contribution in [2.75, 3.05) is 13.6 Å². The molecule has 6 heteroatoms. The first-order valence-corrected chi connectivity index (χ1v) is 8.28. The fourth-order valence-corrected chi connectivity index (χ4v) is 2.68. The highest BCUT2D eigenvalue weighted by molar-refractivity contribution is 14.0. The molecular formula is C18H26IN5. The molecule has 1 aliphatic rings. The Morgan fingerprint density at radius 3 is 2.71 bits per heavy atom.